The molecule has 1 aliphatic heterocycles. The van der Waals surface area contributed by atoms with Crippen LogP contribution in [0.1, 0.15) is 23.9 Å². The number of likely N-dealkylation sites (tertiary alicyclic amines) is 1. The van der Waals surface area contributed by atoms with Crippen LogP contribution >= 0.6 is 0 Å². The van der Waals surface area contributed by atoms with Gasteiger partial charge in [0.2, 0.25) is 5.95 Å². The average Bonchev–Trinajstić information content (AvgIpc) is 3.16. The SMILES string of the molecule is CCNc1ncc(CN2C[C@@H](Cc3cc(C)[nH]n3)[C@H](O)C2)cn1.O=CO. The lowest BCUT2D eigenvalue weighted by Crippen LogP contribution is -2.21. The molecule has 2 aromatic rings. The Kier molecular flexibility index (Phi) is 7.49. The van der Waals surface area contributed by atoms with E-state index < -0.39 is 0 Å². The number of rotatable bonds is 6. The number of hydrogen-bond donors (Lipinski definition) is 4. The molecule has 0 aliphatic carbocycles. The van der Waals surface area contributed by atoms with Crippen LogP contribution in [0, 0.1) is 12.8 Å². The fourth-order valence-electron chi connectivity index (χ4n) is 3.06. The van der Waals surface area contributed by atoms with Gasteiger partial charge in [-0.2, -0.15) is 5.10 Å². The number of carbonyl (C=O) groups is 1. The molecule has 142 valence electrons. The number of aryl methyl sites for hydroxylation is 1. The van der Waals surface area contributed by atoms with E-state index in [0.29, 0.717) is 12.5 Å². The van der Waals surface area contributed by atoms with Crippen molar-refractivity contribution in [2.45, 2.75) is 32.9 Å². The van der Waals surface area contributed by atoms with Gasteiger partial charge in [0.05, 0.1) is 11.8 Å². The van der Waals surface area contributed by atoms with Crippen molar-refractivity contribution in [3.05, 3.63) is 35.4 Å². The van der Waals surface area contributed by atoms with E-state index in [1.54, 1.807) is 0 Å². The Morgan fingerprint density at radius 2 is 2.08 bits per heavy atom. The van der Waals surface area contributed by atoms with Gasteiger partial charge in [0.25, 0.3) is 6.47 Å². The summed E-state index contributed by atoms with van der Waals surface area (Å²) in [6, 6.07) is 2.04. The van der Waals surface area contributed by atoms with Crippen LogP contribution in [-0.2, 0) is 17.8 Å². The van der Waals surface area contributed by atoms with E-state index in [2.05, 4.69) is 30.4 Å². The first-order valence-corrected chi connectivity index (χ1v) is 8.59. The van der Waals surface area contributed by atoms with Crippen LogP contribution in [0.3, 0.4) is 0 Å². The van der Waals surface area contributed by atoms with Gasteiger partial charge in [-0.3, -0.25) is 14.8 Å². The summed E-state index contributed by atoms with van der Waals surface area (Å²) >= 11 is 0. The lowest BCUT2D eigenvalue weighted by Gasteiger charge is -2.15. The molecule has 9 heteroatoms. The maximum absolute atomic E-state index is 10.3. The number of aliphatic hydroxyl groups excluding tert-OH is 1. The number of aromatic amines is 1. The maximum Gasteiger partial charge on any atom is 0.290 e. The van der Waals surface area contributed by atoms with Crippen molar-refractivity contribution < 1.29 is 15.0 Å². The van der Waals surface area contributed by atoms with Crippen molar-refractivity contribution in [1.82, 2.24) is 25.1 Å². The van der Waals surface area contributed by atoms with Gasteiger partial charge >= 0.3 is 0 Å². The highest BCUT2D eigenvalue weighted by Gasteiger charge is 2.31. The van der Waals surface area contributed by atoms with Gasteiger partial charge in [-0.1, -0.05) is 0 Å². The first-order chi connectivity index (χ1) is 12.5. The van der Waals surface area contributed by atoms with Crippen molar-refractivity contribution in [2.24, 2.45) is 5.92 Å². The van der Waals surface area contributed by atoms with Crippen molar-refractivity contribution in [3.63, 3.8) is 0 Å². The zero-order valence-electron chi connectivity index (χ0n) is 15.1. The predicted octanol–water partition coefficient (Wildman–Crippen LogP) is 0.676. The quantitative estimate of drug-likeness (QED) is 0.552. The van der Waals surface area contributed by atoms with Gasteiger partial charge in [-0.05, 0) is 26.3 Å². The summed E-state index contributed by atoms with van der Waals surface area (Å²) < 4.78 is 0. The van der Waals surface area contributed by atoms with Crippen LogP contribution in [0.4, 0.5) is 5.95 Å². The molecule has 1 fully saturated rings. The van der Waals surface area contributed by atoms with Gasteiger partial charge in [-0.15, -0.1) is 0 Å². The lowest BCUT2D eigenvalue weighted by molar-refractivity contribution is -0.122. The zero-order chi connectivity index (χ0) is 18.9. The van der Waals surface area contributed by atoms with E-state index in [1.165, 1.54) is 0 Å². The minimum Gasteiger partial charge on any atom is -0.483 e. The van der Waals surface area contributed by atoms with Gasteiger partial charge in [0.15, 0.2) is 0 Å². The second-order valence-corrected chi connectivity index (χ2v) is 6.32. The molecule has 0 unspecified atom stereocenters. The number of β-amino-alcohol motifs (C(OH)–C–C–N with tert-alkyl or cyclic N) is 1. The van der Waals surface area contributed by atoms with Crippen molar-refractivity contribution in [1.29, 1.82) is 0 Å². The number of anilines is 1. The third kappa shape index (κ3) is 5.78. The fraction of sp³-hybridized carbons (Fsp3) is 0.529. The van der Waals surface area contributed by atoms with Crippen LogP contribution in [0.5, 0.6) is 0 Å². The van der Waals surface area contributed by atoms with E-state index in [9.17, 15) is 5.11 Å². The molecule has 1 saturated heterocycles. The van der Waals surface area contributed by atoms with Crippen molar-refractivity contribution in [3.8, 4) is 0 Å². The zero-order valence-corrected chi connectivity index (χ0v) is 15.1. The number of aromatic nitrogens is 4. The Morgan fingerprint density at radius 3 is 2.65 bits per heavy atom. The van der Waals surface area contributed by atoms with Gasteiger partial charge in [-0.25, -0.2) is 9.97 Å². The molecule has 3 rings (SSSR count). The van der Waals surface area contributed by atoms with Gasteiger partial charge in [0, 0.05) is 55.7 Å². The summed E-state index contributed by atoms with van der Waals surface area (Å²) in [5, 5.41) is 27.5. The van der Waals surface area contributed by atoms with E-state index in [-0.39, 0.29) is 18.5 Å². The number of H-pyrrole nitrogens is 1. The predicted molar refractivity (Wildman–Crippen MR) is 96.7 cm³/mol. The Labute approximate surface area is 152 Å². The molecule has 0 saturated carbocycles. The normalized spacial score (nSPS) is 19.7. The largest absolute Gasteiger partial charge is 0.483 e. The molecule has 0 amide bonds. The third-order valence-electron chi connectivity index (χ3n) is 4.16. The molecule has 3 heterocycles. The molecule has 2 aromatic heterocycles. The molecule has 26 heavy (non-hydrogen) atoms. The van der Waals surface area contributed by atoms with Crippen molar-refractivity contribution in [2.75, 3.05) is 25.0 Å². The highest BCUT2D eigenvalue weighted by molar-refractivity contribution is 5.32. The molecule has 0 bridgehead atoms. The second kappa shape index (κ2) is 9.83. The second-order valence-electron chi connectivity index (χ2n) is 6.32. The van der Waals surface area contributed by atoms with Crippen LogP contribution in [0.15, 0.2) is 18.5 Å². The molecule has 9 nitrogen and oxygen atoms in total. The van der Waals surface area contributed by atoms with E-state index in [1.807, 2.05) is 32.3 Å². The summed E-state index contributed by atoms with van der Waals surface area (Å²) in [4.78, 5) is 19.2. The summed E-state index contributed by atoms with van der Waals surface area (Å²) in [5.74, 6) is 0.879. The molecule has 4 N–H and O–H groups in total. The number of hydrogen-bond acceptors (Lipinski definition) is 7. The van der Waals surface area contributed by atoms with Gasteiger partial charge in [0.1, 0.15) is 0 Å². The maximum atomic E-state index is 10.3. The number of nitrogens with one attached hydrogen (secondary N) is 2. The molecule has 0 aromatic carbocycles. The topological polar surface area (TPSA) is 127 Å². The van der Waals surface area contributed by atoms with E-state index >= 15 is 0 Å². The highest BCUT2D eigenvalue weighted by atomic mass is 16.3. The van der Waals surface area contributed by atoms with Crippen LogP contribution in [0.25, 0.3) is 0 Å². The van der Waals surface area contributed by atoms with E-state index in [4.69, 9.17) is 9.90 Å². The van der Waals surface area contributed by atoms with Crippen LogP contribution in [-0.4, -0.2) is 67.5 Å². The fourth-order valence-corrected chi connectivity index (χ4v) is 3.06. The summed E-state index contributed by atoms with van der Waals surface area (Å²) in [5.41, 5.74) is 3.14. The minimum absolute atomic E-state index is 0.222. The smallest absolute Gasteiger partial charge is 0.290 e. The summed E-state index contributed by atoms with van der Waals surface area (Å²) in [6.45, 7) is 6.88. The Morgan fingerprint density at radius 1 is 1.38 bits per heavy atom. The molecule has 0 radical (unpaired) electrons. The molecule has 0 spiro atoms. The Balaban J connectivity index is 0.000000758. The molecule has 1 aliphatic rings. The monoisotopic (exact) mass is 362 g/mol. The highest BCUT2D eigenvalue weighted by Crippen LogP contribution is 2.22. The Bertz CT molecular complexity index is 675. The molecular weight excluding hydrogens is 336 g/mol. The number of carboxylic acid groups (broad SMARTS) is 1. The number of nitrogens with zero attached hydrogens (tertiary/aromatic N) is 4. The first kappa shape index (κ1) is 19.8. The first-order valence-electron chi connectivity index (χ1n) is 8.59. The minimum atomic E-state index is -0.311. The molecular formula is C17H26N6O3. The molecule has 2 atom stereocenters. The average molecular weight is 362 g/mol. The number of aliphatic hydroxyl groups is 1. The third-order valence-corrected chi connectivity index (χ3v) is 4.16. The van der Waals surface area contributed by atoms with Gasteiger partial charge < -0.3 is 15.5 Å². The summed E-state index contributed by atoms with van der Waals surface area (Å²) in [7, 11) is 0. The van der Waals surface area contributed by atoms with Crippen LogP contribution in [0.2, 0.25) is 0 Å². The summed E-state index contributed by atoms with van der Waals surface area (Å²) in [6.07, 6.45) is 4.19. The van der Waals surface area contributed by atoms with Crippen molar-refractivity contribution >= 4 is 12.4 Å². The lowest BCUT2D eigenvalue weighted by atomic mass is 10.0. The van der Waals surface area contributed by atoms with Crippen LogP contribution < -0.4 is 5.32 Å². The van der Waals surface area contributed by atoms with E-state index in [0.717, 1.165) is 43.0 Å². The standard InChI is InChI=1S/C16H24N6O.CH2O2/c1-3-17-16-18-6-12(7-19-16)8-22-9-13(15(23)10-22)5-14-4-11(2)20-21-14;2-1-3/h4,6-7,13,15,23H,3,5,8-10H2,1-2H3,(H,20,21)(H,17,18,19);1H,(H,2,3)/t13-,15-;/m1./s1. The Hall–Kier alpha value is -2.52.